The maximum atomic E-state index is 11.8. The van der Waals surface area contributed by atoms with Gasteiger partial charge in [0.2, 0.25) is 5.91 Å². The number of hydrogen-bond acceptors (Lipinski definition) is 5. The number of carbonyl (C=O) groups is 1. The summed E-state index contributed by atoms with van der Waals surface area (Å²) in [6.07, 6.45) is 3.36. The van der Waals surface area contributed by atoms with Crippen LogP contribution in [0.25, 0.3) is 0 Å². The Bertz CT molecular complexity index is 399. The van der Waals surface area contributed by atoms with Gasteiger partial charge in [-0.3, -0.25) is 9.35 Å². The number of nitrogens with one attached hydrogen (secondary N) is 1. The van der Waals surface area contributed by atoms with Crippen LogP contribution in [0.15, 0.2) is 0 Å². The number of hydrogen-bond donors (Lipinski definition) is 4. The van der Waals surface area contributed by atoms with Gasteiger partial charge in [0, 0.05) is 6.04 Å². The fraction of sp³-hybridized carbons (Fsp3) is 0.909. The van der Waals surface area contributed by atoms with Crippen molar-refractivity contribution in [3.05, 3.63) is 0 Å². The number of rotatable bonds is 7. The van der Waals surface area contributed by atoms with Crippen LogP contribution in [0.4, 0.5) is 0 Å². The van der Waals surface area contributed by atoms with Crippen LogP contribution in [0, 0.1) is 0 Å². The van der Waals surface area contributed by atoms with E-state index in [0.29, 0.717) is 25.8 Å². The average Bonchev–Trinajstić information content (AvgIpc) is 2.77. The van der Waals surface area contributed by atoms with Crippen LogP contribution in [0.3, 0.4) is 0 Å². The van der Waals surface area contributed by atoms with E-state index in [1.54, 1.807) is 0 Å². The molecule has 1 saturated carbocycles. The second kappa shape index (κ2) is 7.18. The van der Waals surface area contributed by atoms with Gasteiger partial charge in [0.25, 0.3) is 10.1 Å². The first-order chi connectivity index (χ1) is 8.84. The van der Waals surface area contributed by atoms with Crippen molar-refractivity contribution in [1.82, 2.24) is 5.32 Å². The van der Waals surface area contributed by atoms with E-state index in [0.717, 1.165) is 12.8 Å². The van der Waals surface area contributed by atoms with Crippen molar-refractivity contribution in [2.24, 2.45) is 11.5 Å². The van der Waals surface area contributed by atoms with Gasteiger partial charge >= 0.3 is 0 Å². The molecule has 1 rings (SSSR count). The largest absolute Gasteiger partial charge is 0.352 e. The van der Waals surface area contributed by atoms with Gasteiger partial charge in [-0.1, -0.05) is 6.42 Å². The van der Waals surface area contributed by atoms with E-state index in [-0.39, 0.29) is 18.4 Å². The highest BCUT2D eigenvalue weighted by Crippen LogP contribution is 2.24. The molecule has 112 valence electrons. The standard InChI is InChI=1S/C11H23N3O4S/c12-6-2-1-3-10(13)11(15)14-8-4-5-9(7-8)19(16,17)18/h8-10H,1-7,12-13H2,(H,14,15)(H,16,17,18)/t8?,9?,10-/m0/s1. The first kappa shape index (κ1) is 16.4. The maximum absolute atomic E-state index is 11.8. The maximum Gasteiger partial charge on any atom is 0.267 e. The van der Waals surface area contributed by atoms with E-state index < -0.39 is 21.4 Å². The predicted molar refractivity (Wildman–Crippen MR) is 72.0 cm³/mol. The van der Waals surface area contributed by atoms with Crippen LogP contribution in [-0.4, -0.2) is 42.8 Å². The molecule has 1 aliphatic rings. The minimum Gasteiger partial charge on any atom is -0.352 e. The lowest BCUT2D eigenvalue weighted by Gasteiger charge is -2.16. The van der Waals surface area contributed by atoms with Gasteiger partial charge in [0.05, 0.1) is 11.3 Å². The highest BCUT2D eigenvalue weighted by atomic mass is 32.2. The molecule has 0 aromatic carbocycles. The Morgan fingerprint density at radius 3 is 2.58 bits per heavy atom. The number of amides is 1. The average molecular weight is 293 g/mol. The monoisotopic (exact) mass is 293 g/mol. The number of unbranched alkanes of at least 4 members (excludes halogenated alkanes) is 1. The van der Waals surface area contributed by atoms with Crippen molar-refractivity contribution >= 4 is 16.0 Å². The first-order valence-corrected chi connectivity index (χ1v) is 8.07. The first-order valence-electron chi connectivity index (χ1n) is 6.57. The summed E-state index contributed by atoms with van der Waals surface area (Å²) >= 11 is 0. The molecule has 6 N–H and O–H groups in total. The lowest BCUT2D eigenvalue weighted by molar-refractivity contribution is -0.123. The Morgan fingerprint density at radius 2 is 2.05 bits per heavy atom. The molecule has 0 aromatic heterocycles. The molecule has 19 heavy (non-hydrogen) atoms. The minimum absolute atomic E-state index is 0.222. The third-order valence-corrected chi connectivity index (χ3v) is 4.73. The molecule has 3 atom stereocenters. The Balaban J connectivity index is 2.34. The van der Waals surface area contributed by atoms with Gasteiger partial charge in [-0.25, -0.2) is 0 Å². The van der Waals surface area contributed by atoms with Gasteiger partial charge in [0.1, 0.15) is 0 Å². The fourth-order valence-corrected chi connectivity index (χ4v) is 3.20. The smallest absolute Gasteiger partial charge is 0.267 e. The molecule has 0 spiro atoms. The van der Waals surface area contributed by atoms with Crippen LogP contribution < -0.4 is 16.8 Å². The van der Waals surface area contributed by atoms with Crippen molar-refractivity contribution in [3.63, 3.8) is 0 Å². The third kappa shape index (κ3) is 5.43. The van der Waals surface area contributed by atoms with Crippen LogP contribution in [0.2, 0.25) is 0 Å². The van der Waals surface area contributed by atoms with Gasteiger partial charge in [0.15, 0.2) is 0 Å². The molecular formula is C11H23N3O4S. The van der Waals surface area contributed by atoms with Gasteiger partial charge in [-0.2, -0.15) is 8.42 Å². The second-order valence-corrected chi connectivity index (χ2v) is 6.74. The van der Waals surface area contributed by atoms with Crippen molar-refractivity contribution < 1.29 is 17.8 Å². The molecule has 0 aromatic rings. The molecular weight excluding hydrogens is 270 g/mol. The second-order valence-electron chi connectivity index (χ2n) is 5.05. The highest BCUT2D eigenvalue weighted by molar-refractivity contribution is 7.86. The van der Waals surface area contributed by atoms with Crippen LogP contribution in [-0.2, 0) is 14.9 Å². The summed E-state index contributed by atoms with van der Waals surface area (Å²) in [6.45, 7) is 0.576. The molecule has 1 fully saturated rings. The Hall–Kier alpha value is -0.700. The van der Waals surface area contributed by atoms with Crippen molar-refractivity contribution in [3.8, 4) is 0 Å². The molecule has 7 nitrogen and oxygen atoms in total. The summed E-state index contributed by atoms with van der Waals surface area (Å²) in [5, 5.41) is 1.96. The molecule has 2 unspecified atom stereocenters. The molecule has 0 aliphatic heterocycles. The Morgan fingerprint density at radius 1 is 1.37 bits per heavy atom. The van der Waals surface area contributed by atoms with Crippen LogP contribution in [0.5, 0.6) is 0 Å². The van der Waals surface area contributed by atoms with Crippen LogP contribution >= 0.6 is 0 Å². The quantitative estimate of drug-likeness (QED) is 0.364. The summed E-state index contributed by atoms with van der Waals surface area (Å²) < 4.78 is 30.9. The molecule has 0 saturated heterocycles. The van der Waals surface area contributed by atoms with E-state index >= 15 is 0 Å². The van der Waals surface area contributed by atoms with Crippen LogP contribution in [0.1, 0.15) is 38.5 Å². The molecule has 0 bridgehead atoms. The van der Waals surface area contributed by atoms with Gasteiger partial charge < -0.3 is 16.8 Å². The zero-order valence-corrected chi connectivity index (χ0v) is 11.7. The molecule has 1 aliphatic carbocycles. The van der Waals surface area contributed by atoms with Crippen molar-refractivity contribution in [1.29, 1.82) is 0 Å². The molecule has 0 heterocycles. The van der Waals surface area contributed by atoms with Gasteiger partial charge in [-0.05, 0) is 38.6 Å². The number of nitrogens with two attached hydrogens (primary N) is 2. The zero-order valence-electron chi connectivity index (χ0n) is 10.9. The number of carbonyl (C=O) groups excluding carboxylic acids is 1. The van der Waals surface area contributed by atoms with E-state index in [1.165, 1.54) is 0 Å². The molecule has 0 radical (unpaired) electrons. The summed E-state index contributed by atoms with van der Waals surface area (Å²) in [6, 6.07) is -0.809. The summed E-state index contributed by atoms with van der Waals surface area (Å²) in [7, 11) is -4.01. The molecule has 1 amide bonds. The normalized spacial score (nSPS) is 25.2. The summed E-state index contributed by atoms with van der Waals surface area (Å²) in [5.74, 6) is -0.266. The predicted octanol–water partition coefficient (Wildman–Crippen LogP) is -0.632. The summed E-state index contributed by atoms with van der Waals surface area (Å²) in [5.41, 5.74) is 11.1. The zero-order chi connectivity index (χ0) is 14.5. The van der Waals surface area contributed by atoms with Gasteiger partial charge in [-0.15, -0.1) is 0 Å². The highest BCUT2D eigenvalue weighted by Gasteiger charge is 2.34. The van der Waals surface area contributed by atoms with E-state index in [1.807, 2.05) is 0 Å². The third-order valence-electron chi connectivity index (χ3n) is 3.46. The summed E-state index contributed by atoms with van der Waals surface area (Å²) in [4.78, 5) is 11.8. The Labute approximate surface area is 113 Å². The topological polar surface area (TPSA) is 136 Å². The van der Waals surface area contributed by atoms with Crippen molar-refractivity contribution in [2.75, 3.05) is 6.54 Å². The lowest BCUT2D eigenvalue weighted by Crippen LogP contribution is -2.44. The van der Waals surface area contributed by atoms with E-state index in [4.69, 9.17) is 16.0 Å². The van der Waals surface area contributed by atoms with Crippen molar-refractivity contribution in [2.45, 2.75) is 55.9 Å². The van der Waals surface area contributed by atoms with E-state index in [9.17, 15) is 13.2 Å². The Kier molecular flexibility index (Phi) is 6.18. The fourth-order valence-electron chi connectivity index (χ4n) is 2.29. The minimum atomic E-state index is -4.01. The van der Waals surface area contributed by atoms with E-state index in [2.05, 4.69) is 5.32 Å². The molecule has 8 heteroatoms. The lowest BCUT2D eigenvalue weighted by atomic mass is 10.1. The SMILES string of the molecule is NCCCC[C@H](N)C(=O)NC1CCC(S(=O)(=O)O)C1.